The first kappa shape index (κ1) is 16.6. The maximum atomic E-state index is 12.0. The van der Waals surface area contributed by atoms with Crippen molar-refractivity contribution in [1.82, 2.24) is 9.55 Å². The van der Waals surface area contributed by atoms with Crippen molar-refractivity contribution in [1.29, 1.82) is 0 Å². The van der Waals surface area contributed by atoms with Crippen LogP contribution in [0.25, 0.3) is 0 Å². The highest BCUT2D eigenvalue weighted by Crippen LogP contribution is 2.29. The van der Waals surface area contributed by atoms with Gasteiger partial charge in [-0.05, 0) is 0 Å². The van der Waals surface area contributed by atoms with Gasteiger partial charge in [0.05, 0.1) is 6.61 Å². The number of aliphatic hydroxyl groups excluding tert-OH is 3. The first-order valence-electron chi connectivity index (χ1n) is 6.61. The molecule has 1 aliphatic heterocycles. The molecule has 1 fully saturated rings. The third kappa shape index (κ3) is 2.76. The molecule has 1 aliphatic rings. The molecule has 2 heterocycles. The molecule has 0 radical (unpaired) electrons. The number of rotatable bonds is 5. The number of aliphatic hydroxyl groups is 3. The molecule has 1 aromatic heterocycles. The second kappa shape index (κ2) is 6.55. The highest BCUT2D eigenvalue weighted by Gasteiger charge is 2.44. The van der Waals surface area contributed by atoms with Crippen molar-refractivity contribution < 1.29 is 24.8 Å². The van der Waals surface area contributed by atoms with E-state index in [0.717, 1.165) is 4.57 Å². The van der Waals surface area contributed by atoms with Crippen LogP contribution in [0.1, 0.15) is 17.9 Å². The zero-order valence-corrected chi connectivity index (χ0v) is 12.0. The molecule has 1 aromatic rings. The van der Waals surface area contributed by atoms with E-state index in [1.807, 2.05) is 0 Å². The fourth-order valence-corrected chi connectivity index (χ4v) is 2.36. The van der Waals surface area contributed by atoms with E-state index in [1.54, 1.807) is 0 Å². The van der Waals surface area contributed by atoms with Gasteiger partial charge in [0.25, 0.3) is 0 Å². The lowest BCUT2D eigenvalue weighted by atomic mass is 10.1. The number of nitrogens with zero attached hydrogens (tertiary/aromatic N) is 2. The number of ether oxygens (including phenoxy) is 2. The summed E-state index contributed by atoms with van der Waals surface area (Å²) in [6.07, 6.45) is -2.69. The topological polar surface area (TPSA) is 140 Å². The first-order valence-corrected chi connectivity index (χ1v) is 6.61. The van der Waals surface area contributed by atoms with Crippen molar-refractivity contribution in [3.63, 3.8) is 0 Å². The van der Waals surface area contributed by atoms with Crippen molar-refractivity contribution in [2.24, 2.45) is 0 Å². The summed E-state index contributed by atoms with van der Waals surface area (Å²) in [6.45, 7) is 3.11. The number of aromatic nitrogens is 2. The Balaban J connectivity index is 2.46. The molecular weight excluding hydrogens is 294 g/mol. The van der Waals surface area contributed by atoms with Crippen LogP contribution in [0.3, 0.4) is 0 Å². The summed E-state index contributed by atoms with van der Waals surface area (Å²) in [5.41, 5.74) is 5.33. The van der Waals surface area contributed by atoms with Crippen molar-refractivity contribution in [2.75, 3.05) is 19.5 Å². The molecule has 5 N–H and O–H groups in total. The zero-order valence-electron chi connectivity index (χ0n) is 12.0. The lowest BCUT2D eigenvalue weighted by molar-refractivity contribution is -0.0552. The SMILES string of the molecule is C=CC(OC)c1cn([C@@H]2O[C@H](CO)[C@@H](O)[C@@H]2O)c(=O)nc1N. The van der Waals surface area contributed by atoms with Crippen LogP contribution >= 0.6 is 0 Å². The quantitative estimate of drug-likeness (QED) is 0.472. The van der Waals surface area contributed by atoms with Crippen molar-refractivity contribution in [3.05, 3.63) is 34.9 Å². The van der Waals surface area contributed by atoms with Gasteiger partial charge in [-0.25, -0.2) is 4.79 Å². The highest BCUT2D eigenvalue weighted by molar-refractivity contribution is 5.40. The van der Waals surface area contributed by atoms with E-state index in [0.29, 0.717) is 5.56 Å². The predicted octanol–water partition coefficient (Wildman–Crippen LogP) is -1.69. The molecule has 9 heteroatoms. The van der Waals surface area contributed by atoms with Crippen LogP contribution in [-0.4, -0.2) is 56.9 Å². The lowest BCUT2D eigenvalue weighted by Crippen LogP contribution is -2.36. The molecule has 22 heavy (non-hydrogen) atoms. The Bertz CT molecular complexity index is 604. The standard InChI is InChI=1S/C13H19N3O6/c1-3-7(21-2)6-4-16(13(20)15-11(6)14)12-10(19)9(18)8(5-17)22-12/h3-4,7-10,12,17-19H,1,5H2,2H3,(H2,14,15,20)/t7?,8-,9-,10+,12-/m1/s1. The molecule has 1 unspecified atom stereocenters. The lowest BCUT2D eigenvalue weighted by Gasteiger charge is -2.20. The van der Waals surface area contributed by atoms with Crippen molar-refractivity contribution in [2.45, 2.75) is 30.6 Å². The van der Waals surface area contributed by atoms with E-state index >= 15 is 0 Å². The molecule has 0 bridgehead atoms. The molecule has 0 aliphatic carbocycles. The Kier molecular flexibility index (Phi) is 4.94. The summed E-state index contributed by atoms with van der Waals surface area (Å²) in [5, 5.41) is 28.9. The van der Waals surface area contributed by atoms with E-state index in [1.165, 1.54) is 19.4 Å². The summed E-state index contributed by atoms with van der Waals surface area (Å²) < 4.78 is 11.5. The molecular formula is C13H19N3O6. The summed E-state index contributed by atoms with van der Waals surface area (Å²) in [7, 11) is 1.44. The van der Waals surface area contributed by atoms with E-state index in [2.05, 4.69) is 11.6 Å². The number of anilines is 1. The monoisotopic (exact) mass is 313 g/mol. The van der Waals surface area contributed by atoms with Gasteiger partial charge in [-0.1, -0.05) is 6.08 Å². The Morgan fingerprint density at radius 1 is 1.59 bits per heavy atom. The fourth-order valence-electron chi connectivity index (χ4n) is 2.36. The third-order valence-corrected chi connectivity index (χ3v) is 3.58. The number of hydrogen-bond acceptors (Lipinski definition) is 8. The second-order valence-electron chi connectivity index (χ2n) is 4.89. The van der Waals surface area contributed by atoms with Gasteiger partial charge in [-0.2, -0.15) is 4.98 Å². The van der Waals surface area contributed by atoms with Crippen molar-refractivity contribution >= 4 is 5.82 Å². The van der Waals surface area contributed by atoms with Crippen LogP contribution in [0.2, 0.25) is 0 Å². The van der Waals surface area contributed by atoms with E-state index < -0.39 is 42.9 Å². The van der Waals surface area contributed by atoms with Gasteiger partial charge in [0.2, 0.25) is 0 Å². The van der Waals surface area contributed by atoms with Crippen LogP contribution in [0, 0.1) is 0 Å². The molecule has 2 rings (SSSR count). The number of methoxy groups -OCH3 is 1. The molecule has 0 amide bonds. The second-order valence-corrected chi connectivity index (χ2v) is 4.89. The van der Waals surface area contributed by atoms with Gasteiger partial charge in [0, 0.05) is 18.9 Å². The largest absolute Gasteiger partial charge is 0.394 e. The minimum atomic E-state index is -1.39. The molecule has 9 nitrogen and oxygen atoms in total. The minimum Gasteiger partial charge on any atom is -0.394 e. The zero-order chi connectivity index (χ0) is 16.4. The van der Waals surface area contributed by atoms with Crippen molar-refractivity contribution in [3.8, 4) is 0 Å². The maximum absolute atomic E-state index is 12.0. The van der Waals surface area contributed by atoms with Crippen LogP contribution in [0.5, 0.6) is 0 Å². The van der Waals surface area contributed by atoms with Crippen LogP contribution in [0.4, 0.5) is 5.82 Å². The first-order chi connectivity index (χ1) is 10.4. The normalized spacial score (nSPS) is 29.5. The fraction of sp³-hybridized carbons (Fsp3) is 0.538. The number of nitrogen functional groups attached to an aromatic ring is 1. The third-order valence-electron chi connectivity index (χ3n) is 3.58. The van der Waals surface area contributed by atoms with Crippen LogP contribution in [-0.2, 0) is 9.47 Å². The predicted molar refractivity (Wildman–Crippen MR) is 75.9 cm³/mol. The summed E-state index contributed by atoms with van der Waals surface area (Å²) in [4.78, 5) is 15.7. The van der Waals surface area contributed by atoms with E-state index in [-0.39, 0.29) is 5.82 Å². The minimum absolute atomic E-state index is 0.0280. The molecule has 5 atom stereocenters. The summed E-state index contributed by atoms with van der Waals surface area (Å²) in [6, 6.07) is 0. The summed E-state index contributed by atoms with van der Waals surface area (Å²) >= 11 is 0. The maximum Gasteiger partial charge on any atom is 0.351 e. The van der Waals surface area contributed by atoms with Gasteiger partial charge >= 0.3 is 5.69 Å². The molecule has 1 saturated heterocycles. The Hall–Kier alpha value is -1.78. The van der Waals surface area contributed by atoms with Gasteiger partial charge in [-0.3, -0.25) is 4.57 Å². The Morgan fingerprint density at radius 3 is 2.77 bits per heavy atom. The highest BCUT2D eigenvalue weighted by atomic mass is 16.6. The molecule has 122 valence electrons. The average molecular weight is 313 g/mol. The van der Waals surface area contributed by atoms with Gasteiger partial charge in [-0.15, -0.1) is 6.58 Å². The summed E-state index contributed by atoms with van der Waals surface area (Å²) in [5.74, 6) is -0.0280. The van der Waals surface area contributed by atoms with Crippen LogP contribution in [0.15, 0.2) is 23.6 Å². The van der Waals surface area contributed by atoms with Gasteiger partial charge in [0.15, 0.2) is 6.23 Å². The van der Waals surface area contributed by atoms with E-state index in [4.69, 9.17) is 20.3 Å². The van der Waals surface area contributed by atoms with Gasteiger partial charge < -0.3 is 30.5 Å². The van der Waals surface area contributed by atoms with Crippen LogP contribution < -0.4 is 11.4 Å². The Morgan fingerprint density at radius 2 is 2.27 bits per heavy atom. The number of hydrogen-bond donors (Lipinski definition) is 4. The molecule has 0 saturated carbocycles. The smallest absolute Gasteiger partial charge is 0.351 e. The van der Waals surface area contributed by atoms with E-state index in [9.17, 15) is 15.0 Å². The number of nitrogens with two attached hydrogens (primary N) is 1. The molecule has 0 aromatic carbocycles. The average Bonchev–Trinajstić information content (AvgIpc) is 2.78. The Labute approximate surface area is 126 Å². The van der Waals surface area contributed by atoms with Gasteiger partial charge in [0.1, 0.15) is 30.2 Å². The molecule has 0 spiro atoms.